The summed E-state index contributed by atoms with van der Waals surface area (Å²) in [5, 5.41) is 10.6. The van der Waals surface area contributed by atoms with Gasteiger partial charge in [-0.3, -0.25) is 9.59 Å². The molecule has 0 aliphatic carbocycles. The molecule has 2 aromatic rings. The van der Waals surface area contributed by atoms with Crippen LogP contribution in [0.5, 0.6) is 11.5 Å². The molecule has 1 aromatic heterocycles. The van der Waals surface area contributed by atoms with Crippen LogP contribution in [-0.4, -0.2) is 40.8 Å². The number of aromatic nitrogens is 3. The first-order valence-corrected chi connectivity index (χ1v) is 8.71. The second-order valence-electron chi connectivity index (χ2n) is 5.43. The van der Waals surface area contributed by atoms with Gasteiger partial charge in [-0.25, -0.2) is 0 Å². The van der Waals surface area contributed by atoms with Gasteiger partial charge >= 0.3 is 0 Å². The molecular formula is C16H21N5O4S. The van der Waals surface area contributed by atoms with Gasteiger partial charge in [-0.2, -0.15) is 4.68 Å². The fraction of sp³-hybridized carbons (Fsp3) is 0.375. The Balaban J connectivity index is 2.04. The number of nitrogens with zero attached hydrogens (tertiary/aromatic N) is 3. The Labute approximate surface area is 154 Å². The maximum atomic E-state index is 12.2. The standard InChI is InChI=1S/C16H21N5O4S/c1-9(12-7-11(24-3)5-6-13(12)25-4)18-14(22)8-26-16-20-19-10(2)15(23)21(16)17/h5-7,9H,8,17H2,1-4H3,(H,18,22)/t9-/m1/s1. The predicted molar refractivity (Wildman–Crippen MR) is 98.0 cm³/mol. The van der Waals surface area contributed by atoms with E-state index in [1.165, 1.54) is 6.92 Å². The summed E-state index contributed by atoms with van der Waals surface area (Å²) < 4.78 is 11.4. The van der Waals surface area contributed by atoms with Crippen LogP contribution in [-0.2, 0) is 4.79 Å². The Kier molecular flexibility index (Phi) is 6.45. The number of rotatable bonds is 7. The molecule has 1 atom stereocenters. The van der Waals surface area contributed by atoms with Gasteiger partial charge in [-0.05, 0) is 32.0 Å². The highest BCUT2D eigenvalue weighted by Crippen LogP contribution is 2.29. The average molecular weight is 379 g/mol. The highest BCUT2D eigenvalue weighted by molar-refractivity contribution is 7.99. The van der Waals surface area contributed by atoms with Crippen LogP contribution in [0.25, 0.3) is 0 Å². The van der Waals surface area contributed by atoms with Gasteiger partial charge in [0.2, 0.25) is 11.1 Å². The lowest BCUT2D eigenvalue weighted by Gasteiger charge is -2.18. The van der Waals surface area contributed by atoms with Crippen molar-refractivity contribution in [2.75, 3.05) is 25.8 Å². The van der Waals surface area contributed by atoms with Gasteiger partial charge in [-0.15, -0.1) is 10.2 Å². The molecule has 0 unspecified atom stereocenters. The normalized spacial score (nSPS) is 11.7. The molecule has 3 N–H and O–H groups in total. The molecule has 0 fully saturated rings. The van der Waals surface area contributed by atoms with E-state index in [-0.39, 0.29) is 28.6 Å². The number of nitrogen functional groups attached to an aromatic ring is 1. The summed E-state index contributed by atoms with van der Waals surface area (Å²) in [6.07, 6.45) is 0. The molecule has 1 amide bonds. The molecule has 0 aliphatic heterocycles. The van der Waals surface area contributed by atoms with E-state index in [1.54, 1.807) is 32.4 Å². The molecule has 0 spiro atoms. The molecule has 0 aliphatic rings. The van der Waals surface area contributed by atoms with Crippen molar-refractivity contribution < 1.29 is 14.3 Å². The van der Waals surface area contributed by atoms with E-state index in [0.717, 1.165) is 22.0 Å². The zero-order valence-corrected chi connectivity index (χ0v) is 15.8. The van der Waals surface area contributed by atoms with Gasteiger partial charge in [0.05, 0.1) is 26.0 Å². The first kappa shape index (κ1) is 19.6. The highest BCUT2D eigenvalue weighted by Gasteiger charge is 2.16. The summed E-state index contributed by atoms with van der Waals surface area (Å²) in [6, 6.07) is 5.06. The van der Waals surface area contributed by atoms with Crippen LogP contribution in [0.1, 0.15) is 24.2 Å². The number of methoxy groups -OCH3 is 2. The minimum Gasteiger partial charge on any atom is -0.497 e. The average Bonchev–Trinajstić information content (AvgIpc) is 2.64. The van der Waals surface area contributed by atoms with E-state index in [9.17, 15) is 9.59 Å². The van der Waals surface area contributed by atoms with Crippen LogP contribution < -0.4 is 26.2 Å². The van der Waals surface area contributed by atoms with Crippen LogP contribution in [0.15, 0.2) is 28.2 Å². The van der Waals surface area contributed by atoms with Gasteiger partial charge in [0.1, 0.15) is 17.2 Å². The van der Waals surface area contributed by atoms with Crippen molar-refractivity contribution in [1.82, 2.24) is 20.2 Å². The number of nitrogens with one attached hydrogen (secondary N) is 1. The summed E-state index contributed by atoms with van der Waals surface area (Å²) in [6.45, 7) is 3.35. The van der Waals surface area contributed by atoms with Crippen LogP contribution in [0.2, 0.25) is 0 Å². The summed E-state index contributed by atoms with van der Waals surface area (Å²) in [7, 11) is 3.13. The van der Waals surface area contributed by atoms with Gasteiger partial charge in [0.15, 0.2) is 0 Å². The van der Waals surface area contributed by atoms with E-state index in [0.29, 0.717) is 11.5 Å². The molecule has 9 nitrogen and oxygen atoms in total. The van der Waals surface area contributed by atoms with E-state index >= 15 is 0 Å². The van der Waals surface area contributed by atoms with Crippen LogP contribution in [0.3, 0.4) is 0 Å². The van der Waals surface area contributed by atoms with E-state index in [1.807, 2.05) is 6.92 Å². The Morgan fingerprint density at radius 2 is 2.08 bits per heavy atom. The number of carbonyl (C=O) groups is 1. The Morgan fingerprint density at radius 1 is 1.35 bits per heavy atom. The second-order valence-corrected chi connectivity index (χ2v) is 6.37. The van der Waals surface area contributed by atoms with Crippen molar-refractivity contribution in [3.05, 3.63) is 39.8 Å². The Hall–Kier alpha value is -2.75. The predicted octanol–water partition coefficient (Wildman–Crippen LogP) is 0.647. The molecule has 10 heteroatoms. The van der Waals surface area contributed by atoms with Gasteiger partial charge < -0.3 is 20.6 Å². The lowest BCUT2D eigenvalue weighted by atomic mass is 10.1. The van der Waals surface area contributed by atoms with E-state index in [4.69, 9.17) is 15.3 Å². The molecule has 0 radical (unpaired) electrons. The van der Waals surface area contributed by atoms with E-state index < -0.39 is 5.56 Å². The Bertz CT molecular complexity index is 855. The van der Waals surface area contributed by atoms with Crippen molar-refractivity contribution in [2.24, 2.45) is 0 Å². The second kappa shape index (κ2) is 8.56. The van der Waals surface area contributed by atoms with Crippen molar-refractivity contribution in [2.45, 2.75) is 25.0 Å². The van der Waals surface area contributed by atoms with Crippen molar-refractivity contribution in [3.8, 4) is 11.5 Å². The van der Waals surface area contributed by atoms with Gasteiger partial charge in [-0.1, -0.05) is 11.8 Å². The third-order valence-electron chi connectivity index (χ3n) is 3.63. The van der Waals surface area contributed by atoms with Gasteiger partial charge in [0.25, 0.3) is 5.56 Å². The minimum atomic E-state index is -0.447. The number of aryl methyl sites for hydroxylation is 1. The molecule has 0 bridgehead atoms. The molecular weight excluding hydrogens is 358 g/mol. The molecule has 140 valence electrons. The van der Waals surface area contributed by atoms with Crippen molar-refractivity contribution in [1.29, 1.82) is 0 Å². The number of carbonyl (C=O) groups excluding carboxylic acids is 1. The highest BCUT2D eigenvalue weighted by atomic mass is 32.2. The third kappa shape index (κ3) is 4.45. The molecule has 0 saturated heterocycles. The SMILES string of the molecule is COc1ccc(OC)c([C@@H](C)NC(=O)CSc2nnc(C)c(=O)n2N)c1. The van der Waals surface area contributed by atoms with Crippen molar-refractivity contribution in [3.63, 3.8) is 0 Å². The number of ether oxygens (including phenoxy) is 2. The van der Waals surface area contributed by atoms with Crippen LogP contribution in [0.4, 0.5) is 0 Å². The maximum absolute atomic E-state index is 12.2. The lowest BCUT2D eigenvalue weighted by Crippen LogP contribution is -2.33. The monoisotopic (exact) mass is 379 g/mol. The Morgan fingerprint density at radius 3 is 2.73 bits per heavy atom. The fourth-order valence-electron chi connectivity index (χ4n) is 2.24. The summed E-state index contributed by atoms with van der Waals surface area (Å²) in [4.78, 5) is 24.0. The summed E-state index contributed by atoms with van der Waals surface area (Å²) in [5.41, 5.74) is 0.536. The third-order valence-corrected chi connectivity index (χ3v) is 4.58. The molecule has 0 saturated carbocycles. The summed E-state index contributed by atoms with van der Waals surface area (Å²) >= 11 is 1.03. The zero-order chi connectivity index (χ0) is 19.3. The topological polar surface area (TPSA) is 121 Å². The lowest BCUT2D eigenvalue weighted by molar-refractivity contribution is -0.119. The molecule has 26 heavy (non-hydrogen) atoms. The number of amides is 1. The quantitative estimate of drug-likeness (QED) is 0.531. The smallest absolute Gasteiger partial charge is 0.294 e. The molecule has 1 aromatic carbocycles. The maximum Gasteiger partial charge on any atom is 0.294 e. The number of hydrogen-bond acceptors (Lipinski definition) is 8. The number of nitrogens with two attached hydrogens (primary N) is 1. The zero-order valence-electron chi connectivity index (χ0n) is 15.0. The summed E-state index contributed by atoms with van der Waals surface area (Å²) in [5.74, 6) is 6.75. The molecule has 2 rings (SSSR count). The van der Waals surface area contributed by atoms with Crippen molar-refractivity contribution >= 4 is 17.7 Å². The first-order valence-electron chi connectivity index (χ1n) is 7.72. The van der Waals surface area contributed by atoms with Crippen LogP contribution in [0, 0.1) is 6.92 Å². The van der Waals surface area contributed by atoms with Gasteiger partial charge in [0, 0.05) is 5.56 Å². The van der Waals surface area contributed by atoms with Crippen LogP contribution >= 0.6 is 11.8 Å². The largest absolute Gasteiger partial charge is 0.497 e. The first-order chi connectivity index (χ1) is 12.4. The molecule has 1 heterocycles. The fourth-order valence-corrected chi connectivity index (χ4v) is 2.90. The number of hydrogen-bond donors (Lipinski definition) is 2. The number of thioether (sulfide) groups is 1. The van der Waals surface area contributed by atoms with E-state index in [2.05, 4.69) is 15.5 Å². The minimum absolute atomic E-state index is 0.0327. The number of benzene rings is 1.